The number of likely N-dealkylation sites (N-methyl/N-ethyl adjacent to an activating group) is 1. The van der Waals surface area contributed by atoms with Crippen molar-refractivity contribution < 1.29 is 14.7 Å². The molecule has 16 heavy (non-hydrogen) atoms. The summed E-state index contributed by atoms with van der Waals surface area (Å²) in [6.07, 6.45) is 0.219. The molecule has 0 aliphatic carbocycles. The topological polar surface area (TPSA) is 108 Å². The summed E-state index contributed by atoms with van der Waals surface area (Å²) in [5.74, 6) is -1.06. The van der Waals surface area contributed by atoms with E-state index in [-0.39, 0.29) is 19.0 Å². The number of nitrogens with one attached hydrogen (secondary N) is 2. The quantitative estimate of drug-likeness (QED) is 0.434. The van der Waals surface area contributed by atoms with Gasteiger partial charge < -0.3 is 26.4 Å². The molecule has 0 radical (unpaired) electrons. The van der Waals surface area contributed by atoms with Crippen molar-refractivity contribution in [3.05, 3.63) is 0 Å². The fourth-order valence-corrected chi connectivity index (χ4v) is 0.920. The van der Waals surface area contributed by atoms with Crippen molar-refractivity contribution in [2.24, 2.45) is 5.73 Å². The maximum Gasteiger partial charge on any atom is 0.320 e. The van der Waals surface area contributed by atoms with Gasteiger partial charge in [-0.2, -0.15) is 0 Å². The molecule has 0 bridgehead atoms. The van der Waals surface area contributed by atoms with Crippen molar-refractivity contribution in [1.82, 2.24) is 15.5 Å². The van der Waals surface area contributed by atoms with E-state index in [2.05, 4.69) is 10.6 Å². The standard InChI is InChI=1S/C9H20N4O3/c1-13(2)6-5-12-9(16)11-4-3-7(10)8(14)15/h7H,3-6,10H2,1-2H3,(H,14,15)(H2,11,12,16)/t7-/m0/s1. The molecule has 7 nitrogen and oxygen atoms in total. The molecular weight excluding hydrogens is 212 g/mol. The smallest absolute Gasteiger partial charge is 0.320 e. The Bertz CT molecular complexity index is 233. The monoisotopic (exact) mass is 232 g/mol. The van der Waals surface area contributed by atoms with E-state index in [0.29, 0.717) is 6.54 Å². The molecule has 0 rings (SSSR count). The van der Waals surface area contributed by atoms with Crippen LogP contribution < -0.4 is 16.4 Å². The van der Waals surface area contributed by atoms with Crippen LogP contribution in [0.25, 0.3) is 0 Å². The van der Waals surface area contributed by atoms with Crippen LogP contribution in [-0.4, -0.2) is 61.8 Å². The van der Waals surface area contributed by atoms with Crippen molar-refractivity contribution in [1.29, 1.82) is 0 Å². The number of carboxylic acid groups (broad SMARTS) is 1. The number of amides is 2. The average molecular weight is 232 g/mol. The number of rotatable bonds is 7. The molecule has 0 aromatic heterocycles. The Balaban J connectivity index is 3.47. The lowest BCUT2D eigenvalue weighted by atomic mass is 10.2. The van der Waals surface area contributed by atoms with E-state index in [9.17, 15) is 9.59 Å². The SMILES string of the molecule is CN(C)CCNC(=O)NCC[C@H](N)C(=O)O. The number of nitrogens with zero attached hydrogens (tertiary/aromatic N) is 1. The van der Waals surface area contributed by atoms with Crippen LogP contribution in [0, 0.1) is 0 Å². The molecule has 0 heterocycles. The highest BCUT2D eigenvalue weighted by molar-refractivity contribution is 5.74. The molecule has 2 amide bonds. The number of aliphatic carboxylic acids is 1. The van der Waals surface area contributed by atoms with Gasteiger partial charge in [0, 0.05) is 19.6 Å². The minimum atomic E-state index is -1.06. The Morgan fingerprint density at radius 3 is 2.38 bits per heavy atom. The minimum absolute atomic E-state index is 0.219. The number of hydrogen-bond acceptors (Lipinski definition) is 4. The Kier molecular flexibility index (Phi) is 7.23. The Hall–Kier alpha value is -1.34. The van der Waals surface area contributed by atoms with Crippen molar-refractivity contribution in [3.8, 4) is 0 Å². The third-order valence-electron chi connectivity index (χ3n) is 1.90. The second-order valence-corrected chi connectivity index (χ2v) is 3.72. The summed E-state index contributed by atoms with van der Waals surface area (Å²) in [5.41, 5.74) is 5.26. The van der Waals surface area contributed by atoms with Crippen LogP contribution in [0.3, 0.4) is 0 Å². The van der Waals surface area contributed by atoms with Gasteiger partial charge in [-0.05, 0) is 20.5 Å². The number of nitrogens with two attached hydrogens (primary N) is 1. The first-order chi connectivity index (χ1) is 7.43. The maximum absolute atomic E-state index is 11.1. The molecular formula is C9H20N4O3. The lowest BCUT2D eigenvalue weighted by molar-refractivity contribution is -0.138. The number of hydrogen-bond donors (Lipinski definition) is 4. The fraction of sp³-hybridized carbons (Fsp3) is 0.778. The second kappa shape index (κ2) is 7.89. The van der Waals surface area contributed by atoms with E-state index in [1.165, 1.54) is 0 Å². The molecule has 0 saturated carbocycles. The predicted molar refractivity (Wildman–Crippen MR) is 60.2 cm³/mol. The largest absolute Gasteiger partial charge is 0.480 e. The van der Waals surface area contributed by atoms with E-state index >= 15 is 0 Å². The Labute approximate surface area is 95.0 Å². The van der Waals surface area contributed by atoms with E-state index in [1.807, 2.05) is 19.0 Å². The highest BCUT2D eigenvalue weighted by Crippen LogP contribution is 1.85. The summed E-state index contributed by atoms with van der Waals surface area (Å²) in [6.45, 7) is 1.55. The molecule has 5 N–H and O–H groups in total. The predicted octanol–water partition coefficient (Wildman–Crippen LogP) is -1.35. The molecule has 0 unspecified atom stereocenters. The van der Waals surface area contributed by atoms with Gasteiger partial charge in [0.2, 0.25) is 0 Å². The number of carbonyl (C=O) groups excluding carboxylic acids is 1. The Morgan fingerprint density at radius 2 is 1.88 bits per heavy atom. The second-order valence-electron chi connectivity index (χ2n) is 3.72. The average Bonchev–Trinajstić information content (AvgIpc) is 2.16. The van der Waals surface area contributed by atoms with Gasteiger partial charge in [-0.25, -0.2) is 4.79 Å². The highest BCUT2D eigenvalue weighted by atomic mass is 16.4. The summed E-state index contributed by atoms with van der Waals surface area (Å²) in [4.78, 5) is 23.5. The van der Waals surface area contributed by atoms with Crippen molar-refractivity contribution in [2.45, 2.75) is 12.5 Å². The molecule has 1 atom stereocenters. The first-order valence-electron chi connectivity index (χ1n) is 5.08. The van der Waals surface area contributed by atoms with Gasteiger partial charge in [0.05, 0.1) is 0 Å². The summed E-state index contributed by atoms with van der Waals surface area (Å²) in [7, 11) is 3.82. The van der Waals surface area contributed by atoms with Crippen LogP contribution in [-0.2, 0) is 4.79 Å². The van der Waals surface area contributed by atoms with Crippen LogP contribution in [0.2, 0.25) is 0 Å². The maximum atomic E-state index is 11.1. The molecule has 94 valence electrons. The van der Waals surface area contributed by atoms with Gasteiger partial charge in [0.15, 0.2) is 0 Å². The minimum Gasteiger partial charge on any atom is -0.480 e. The first-order valence-corrected chi connectivity index (χ1v) is 5.08. The van der Waals surface area contributed by atoms with Crippen LogP contribution in [0.4, 0.5) is 4.79 Å². The van der Waals surface area contributed by atoms with E-state index in [4.69, 9.17) is 10.8 Å². The van der Waals surface area contributed by atoms with Gasteiger partial charge in [0.1, 0.15) is 6.04 Å². The molecule has 0 aliphatic heterocycles. The summed E-state index contributed by atoms with van der Waals surface area (Å²) in [6, 6.07) is -1.23. The van der Waals surface area contributed by atoms with Crippen LogP contribution in [0.5, 0.6) is 0 Å². The molecule has 0 aromatic rings. The molecule has 7 heteroatoms. The van der Waals surface area contributed by atoms with Gasteiger partial charge in [-0.1, -0.05) is 0 Å². The van der Waals surface area contributed by atoms with Crippen molar-refractivity contribution >= 4 is 12.0 Å². The van der Waals surface area contributed by atoms with Crippen molar-refractivity contribution in [3.63, 3.8) is 0 Å². The molecule has 0 aromatic carbocycles. The third kappa shape index (κ3) is 8.01. The van der Waals surface area contributed by atoms with Crippen LogP contribution in [0.1, 0.15) is 6.42 Å². The summed E-state index contributed by atoms with van der Waals surface area (Å²) < 4.78 is 0. The zero-order chi connectivity index (χ0) is 12.6. The van der Waals surface area contributed by atoms with E-state index in [1.54, 1.807) is 0 Å². The lowest BCUT2D eigenvalue weighted by Gasteiger charge is -2.11. The fourth-order valence-electron chi connectivity index (χ4n) is 0.920. The zero-order valence-corrected chi connectivity index (χ0v) is 9.69. The lowest BCUT2D eigenvalue weighted by Crippen LogP contribution is -2.41. The van der Waals surface area contributed by atoms with E-state index in [0.717, 1.165) is 6.54 Å². The number of carbonyl (C=O) groups is 2. The van der Waals surface area contributed by atoms with Crippen LogP contribution in [0.15, 0.2) is 0 Å². The number of urea groups is 1. The van der Waals surface area contributed by atoms with Gasteiger partial charge >= 0.3 is 12.0 Å². The normalized spacial score (nSPS) is 12.2. The first kappa shape index (κ1) is 14.7. The van der Waals surface area contributed by atoms with Gasteiger partial charge in [0.25, 0.3) is 0 Å². The zero-order valence-electron chi connectivity index (χ0n) is 9.69. The number of carboxylic acids is 1. The van der Waals surface area contributed by atoms with Crippen molar-refractivity contribution in [2.75, 3.05) is 33.7 Å². The van der Waals surface area contributed by atoms with Crippen LogP contribution >= 0.6 is 0 Å². The Morgan fingerprint density at radius 1 is 1.31 bits per heavy atom. The van der Waals surface area contributed by atoms with E-state index < -0.39 is 12.0 Å². The highest BCUT2D eigenvalue weighted by Gasteiger charge is 2.10. The summed E-state index contributed by atoms with van der Waals surface area (Å²) >= 11 is 0. The molecule has 0 spiro atoms. The summed E-state index contributed by atoms with van der Waals surface area (Å²) in [5, 5.41) is 13.7. The van der Waals surface area contributed by atoms with Gasteiger partial charge in [-0.15, -0.1) is 0 Å². The third-order valence-corrected chi connectivity index (χ3v) is 1.90. The molecule has 0 aliphatic rings. The van der Waals surface area contributed by atoms with Gasteiger partial charge in [-0.3, -0.25) is 4.79 Å². The molecule has 0 fully saturated rings. The molecule has 0 saturated heterocycles.